The van der Waals surface area contributed by atoms with Crippen LogP contribution in [0.4, 0.5) is 0 Å². The van der Waals surface area contributed by atoms with E-state index in [1.165, 1.54) is 0 Å². The Morgan fingerprint density at radius 1 is 1.21 bits per heavy atom. The van der Waals surface area contributed by atoms with E-state index in [0.717, 1.165) is 17.4 Å². The number of methoxy groups -OCH3 is 1. The monoisotopic (exact) mass is 224 g/mol. The number of quaternary nitrogens is 1. The summed E-state index contributed by atoms with van der Waals surface area (Å²) in [6, 6.07) is 0. The lowest BCUT2D eigenvalue weighted by molar-refractivity contribution is -0.870. The van der Waals surface area contributed by atoms with Crippen LogP contribution in [0.5, 0.6) is 0 Å². The maximum absolute atomic E-state index is 11.3. The van der Waals surface area contributed by atoms with Crippen molar-refractivity contribution in [3.05, 3.63) is 0 Å². The van der Waals surface area contributed by atoms with E-state index in [-0.39, 0.29) is 0 Å². The van der Waals surface area contributed by atoms with Crippen LogP contribution in [0.25, 0.3) is 0 Å². The van der Waals surface area contributed by atoms with Crippen LogP contribution in [0.2, 0.25) is 0 Å². The second-order valence-electron chi connectivity index (χ2n) is 4.33. The molecule has 0 amide bonds. The van der Waals surface area contributed by atoms with Crippen LogP contribution in [0.1, 0.15) is 6.42 Å². The van der Waals surface area contributed by atoms with Gasteiger partial charge in [-0.25, -0.2) is 0 Å². The normalized spacial score (nSPS) is 14.3. The van der Waals surface area contributed by atoms with E-state index in [1.807, 2.05) is 0 Å². The van der Waals surface area contributed by atoms with E-state index < -0.39 is 8.03 Å². The molecule has 1 unspecified atom stereocenters. The molecule has 0 rings (SSSR count). The topological polar surface area (TPSA) is 35.5 Å². The van der Waals surface area contributed by atoms with Gasteiger partial charge in [0, 0.05) is 19.7 Å². The van der Waals surface area contributed by atoms with Gasteiger partial charge in [0.25, 0.3) is 0 Å². The van der Waals surface area contributed by atoms with Crippen molar-refractivity contribution in [3.8, 4) is 0 Å². The molecule has 0 aromatic rings. The van der Waals surface area contributed by atoms with Gasteiger partial charge in [0.2, 0.25) is 0 Å². The fraction of sp³-hybridized carbons (Fsp3) is 1.00. The Morgan fingerprint density at radius 3 is 2.36 bits per heavy atom. The SMILES string of the molecule is COCCO[PH](=O)CCC[N+](C)(C)C. The van der Waals surface area contributed by atoms with Crippen molar-refractivity contribution in [2.24, 2.45) is 0 Å². The molecule has 4 nitrogen and oxygen atoms in total. The van der Waals surface area contributed by atoms with Crippen molar-refractivity contribution < 1.29 is 18.3 Å². The molecule has 0 saturated carbocycles. The van der Waals surface area contributed by atoms with Gasteiger partial charge in [0.15, 0.2) is 8.03 Å². The second-order valence-corrected chi connectivity index (χ2v) is 5.86. The lowest BCUT2D eigenvalue weighted by Crippen LogP contribution is -2.35. The summed E-state index contributed by atoms with van der Waals surface area (Å²) in [4.78, 5) is 0. The number of hydrogen-bond donors (Lipinski definition) is 0. The Labute approximate surface area is 87.6 Å². The van der Waals surface area contributed by atoms with Crippen LogP contribution in [0.15, 0.2) is 0 Å². The molecule has 0 aromatic carbocycles. The summed E-state index contributed by atoms with van der Waals surface area (Å²) >= 11 is 0. The van der Waals surface area contributed by atoms with Gasteiger partial charge in [-0.1, -0.05) is 0 Å². The average molecular weight is 224 g/mol. The first-order valence-corrected chi connectivity index (χ1v) is 6.43. The zero-order chi connectivity index (χ0) is 11.0. The second kappa shape index (κ2) is 7.41. The highest BCUT2D eigenvalue weighted by atomic mass is 31.1. The predicted molar refractivity (Wildman–Crippen MR) is 59.2 cm³/mol. The van der Waals surface area contributed by atoms with Crippen LogP contribution >= 0.6 is 8.03 Å². The van der Waals surface area contributed by atoms with Gasteiger partial charge in [0.05, 0.1) is 40.9 Å². The minimum atomic E-state index is -1.82. The van der Waals surface area contributed by atoms with E-state index in [2.05, 4.69) is 21.1 Å². The van der Waals surface area contributed by atoms with Gasteiger partial charge in [-0.2, -0.15) is 0 Å². The van der Waals surface area contributed by atoms with Crippen molar-refractivity contribution in [1.82, 2.24) is 0 Å². The Morgan fingerprint density at radius 2 is 1.86 bits per heavy atom. The van der Waals surface area contributed by atoms with Crippen molar-refractivity contribution in [2.75, 3.05) is 54.2 Å². The molecule has 86 valence electrons. The highest BCUT2D eigenvalue weighted by Crippen LogP contribution is 2.22. The Bertz CT molecular complexity index is 168. The molecular formula is C9H23NO3P+. The fourth-order valence-corrected chi connectivity index (χ4v) is 1.91. The minimum absolute atomic E-state index is 0.443. The van der Waals surface area contributed by atoms with Crippen molar-refractivity contribution in [1.29, 1.82) is 0 Å². The average Bonchev–Trinajstić information content (AvgIpc) is 2.02. The summed E-state index contributed by atoms with van der Waals surface area (Å²) in [5.41, 5.74) is 0. The summed E-state index contributed by atoms with van der Waals surface area (Å²) in [6.45, 7) is 1.99. The summed E-state index contributed by atoms with van der Waals surface area (Å²) in [5.74, 6) is 0. The molecule has 0 spiro atoms. The maximum Gasteiger partial charge on any atom is 0.191 e. The number of ether oxygens (including phenoxy) is 1. The van der Waals surface area contributed by atoms with Gasteiger partial charge in [-0.15, -0.1) is 0 Å². The van der Waals surface area contributed by atoms with Crippen LogP contribution in [0.3, 0.4) is 0 Å². The third-order valence-corrected chi connectivity index (χ3v) is 3.05. The van der Waals surface area contributed by atoms with Gasteiger partial charge in [-0.3, -0.25) is 4.57 Å². The molecule has 0 heterocycles. The Balaban J connectivity index is 3.36. The molecule has 0 aliphatic rings. The zero-order valence-corrected chi connectivity index (χ0v) is 10.7. The van der Waals surface area contributed by atoms with Crippen molar-refractivity contribution in [3.63, 3.8) is 0 Å². The maximum atomic E-state index is 11.3. The van der Waals surface area contributed by atoms with Gasteiger partial charge < -0.3 is 13.7 Å². The highest BCUT2D eigenvalue weighted by Gasteiger charge is 2.07. The van der Waals surface area contributed by atoms with E-state index in [0.29, 0.717) is 19.4 Å². The third kappa shape index (κ3) is 10.2. The summed E-state index contributed by atoms with van der Waals surface area (Å²) in [5, 5.41) is 0. The first-order valence-electron chi connectivity index (χ1n) is 4.91. The molecule has 0 aliphatic carbocycles. The number of rotatable bonds is 8. The molecular weight excluding hydrogens is 201 g/mol. The fourth-order valence-electron chi connectivity index (χ4n) is 1.01. The molecule has 0 aliphatic heterocycles. The lowest BCUT2D eigenvalue weighted by Gasteiger charge is -2.23. The Kier molecular flexibility index (Phi) is 7.47. The smallest absolute Gasteiger partial charge is 0.191 e. The molecule has 0 aromatic heterocycles. The molecule has 1 atom stereocenters. The highest BCUT2D eigenvalue weighted by molar-refractivity contribution is 7.39. The molecule has 0 fully saturated rings. The summed E-state index contributed by atoms with van der Waals surface area (Å²) in [6.07, 6.45) is 1.64. The van der Waals surface area contributed by atoms with Crippen LogP contribution in [-0.2, 0) is 13.8 Å². The molecule has 0 radical (unpaired) electrons. The van der Waals surface area contributed by atoms with Gasteiger partial charge >= 0.3 is 0 Å². The van der Waals surface area contributed by atoms with Crippen LogP contribution < -0.4 is 0 Å². The molecule has 14 heavy (non-hydrogen) atoms. The van der Waals surface area contributed by atoms with E-state index in [9.17, 15) is 4.57 Å². The molecule has 0 N–H and O–H groups in total. The molecule has 0 saturated heterocycles. The third-order valence-electron chi connectivity index (χ3n) is 1.76. The largest absolute Gasteiger partial charge is 0.382 e. The summed E-state index contributed by atoms with van der Waals surface area (Å²) in [7, 11) is 6.17. The predicted octanol–water partition coefficient (Wildman–Crippen LogP) is 1.22. The van der Waals surface area contributed by atoms with Gasteiger partial charge in [-0.05, 0) is 0 Å². The standard InChI is InChI=1S/C9H23NO3P/c1-10(2,3)6-5-9-14(11)13-8-7-12-4/h14H,5-9H2,1-4H3/q+1. The van der Waals surface area contributed by atoms with E-state index in [1.54, 1.807) is 7.11 Å². The minimum Gasteiger partial charge on any atom is -0.382 e. The van der Waals surface area contributed by atoms with E-state index >= 15 is 0 Å². The Hall–Kier alpha value is 0.110. The number of nitrogens with zero attached hydrogens (tertiary/aromatic N) is 1. The van der Waals surface area contributed by atoms with Crippen molar-refractivity contribution in [2.45, 2.75) is 6.42 Å². The first-order chi connectivity index (χ1) is 6.45. The summed E-state index contributed by atoms with van der Waals surface area (Å²) < 4.78 is 22.1. The van der Waals surface area contributed by atoms with Crippen LogP contribution in [0, 0.1) is 0 Å². The lowest BCUT2D eigenvalue weighted by atomic mass is 10.4. The zero-order valence-electron chi connectivity index (χ0n) is 9.71. The van der Waals surface area contributed by atoms with Crippen LogP contribution in [-0.4, -0.2) is 58.7 Å². The van der Waals surface area contributed by atoms with Crippen molar-refractivity contribution >= 4 is 8.03 Å². The molecule has 0 bridgehead atoms. The quantitative estimate of drug-likeness (QED) is 0.353. The number of hydrogen-bond acceptors (Lipinski definition) is 3. The van der Waals surface area contributed by atoms with E-state index in [4.69, 9.17) is 9.26 Å². The molecule has 5 heteroatoms. The van der Waals surface area contributed by atoms with Gasteiger partial charge in [0.1, 0.15) is 0 Å². The first kappa shape index (κ1) is 14.1.